The lowest BCUT2D eigenvalue weighted by atomic mass is 10.1. The third kappa shape index (κ3) is 3.28. The van der Waals surface area contributed by atoms with E-state index in [2.05, 4.69) is 12.1 Å². The summed E-state index contributed by atoms with van der Waals surface area (Å²) in [5.74, 6) is 0.913. The minimum absolute atomic E-state index is 0.346. The zero-order valence-electron chi connectivity index (χ0n) is 11.5. The summed E-state index contributed by atoms with van der Waals surface area (Å²) in [6.07, 6.45) is 5.89. The Balaban J connectivity index is 1.48. The van der Waals surface area contributed by atoms with E-state index < -0.39 is 0 Å². The van der Waals surface area contributed by atoms with E-state index in [1.807, 2.05) is 6.07 Å². The molecule has 1 fully saturated rings. The molecule has 0 amide bonds. The van der Waals surface area contributed by atoms with Crippen LogP contribution >= 0.6 is 0 Å². The van der Waals surface area contributed by atoms with Gasteiger partial charge in [0.15, 0.2) is 0 Å². The van der Waals surface area contributed by atoms with Gasteiger partial charge in [0.25, 0.3) is 0 Å². The second kappa shape index (κ2) is 5.93. The molecule has 3 heteroatoms. The molecule has 1 aromatic rings. The summed E-state index contributed by atoms with van der Waals surface area (Å²) in [6.45, 7) is 3.65. The molecule has 0 aromatic heterocycles. The Kier molecular flexibility index (Phi) is 4.04. The van der Waals surface area contributed by atoms with Crippen LogP contribution in [0.25, 0.3) is 0 Å². The lowest BCUT2D eigenvalue weighted by Gasteiger charge is -2.17. The normalized spacial score (nSPS) is 20.5. The molecule has 2 N–H and O–H groups in total. The summed E-state index contributed by atoms with van der Waals surface area (Å²) in [6, 6.07) is 6.37. The van der Waals surface area contributed by atoms with Crippen LogP contribution in [0, 0.1) is 0 Å². The van der Waals surface area contributed by atoms with Gasteiger partial charge in [-0.1, -0.05) is 6.07 Å². The first kappa shape index (κ1) is 12.9. The van der Waals surface area contributed by atoms with Gasteiger partial charge in [0.2, 0.25) is 0 Å². The van der Waals surface area contributed by atoms with Crippen molar-refractivity contribution in [1.82, 2.24) is 0 Å². The molecule has 0 saturated carbocycles. The highest BCUT2D eigenvalue weighted by Crippen LogP contribution is 2.25. The number of fused-ring (bicyclic) bond motifs is 1. The van der Waals surface area contributed by atoms with Crippen molar-refractivity contribution in [1.29, 1.82) is 0 Å². The Morgan fingerprint density at radius 2 is 1.89 bits per heavy atom. The van der Waals surface area contributed by atoms with E-state index in [0.717, 1.165) is 12.3 Å². The molecule has 0 unspecified atom stereocenters. The quantitative estimate of drug-likeness (QED) is 0.814. The molecule has 1 aliphatic heterocycles. The average molecular weight is 262 g/mol. The van der Waals surface area contributed by atoms with E-state index in [4.69, 9.17) is 4.74 Å². The number of benzene rings is 1. The number of ether oxygens (including phenoxy) is 1. The molecule has 1 aromatic carbocycles. The number of aryl methyl sites for hydroxylation is 2. The molecule has 0 spiro atoms. The Labute approximate surface area is 115 Å². The van der Waals surface area contributed by atoms with Crippen molar-refractivity contribution in [2.75, 3.05) is 26.2 Å². The number of hydrogen-bond acceptors (Lipinski definition) is 2. The summed E-state index contributed by atoms with van der Waals surface area (Å²) in [4.78, 5) is 1.52. The average Bonchev–Trinajstić information content (AvgIpc) is 3.06. The smallest absolute Gasteiger partial charge is 0.137 e. The first-order valence-corrected chi connectivity index (χ1v) is 7.57. The maximum Gasteiger partial charge on any atom is 0.137 e. The summed E-state index contributed by atoms with van der Waals surface area (Å²) in [5, 5.41) is 10.0. The molecular formula is C16H24NO2+. The third-order valence-corrected chi connectivity index (χ3v) is 4.35. The van der Waals surface area contributed by atoms with E-state index in [9.17, 15) is 5.11 Å². The van der Waals surface area contributed by atoms with E-state index >= 15 is 0 Å². The highest BCUT2D eigenvalue weighted by Gasteiger charge is 2.20. The third-order valence-electron chi connectivity index (χ3n) is 4.35. The summed E-state index contributed by atoms with van der Waals surface area (Å²) < 4.78 is 5.74. The predicted octanol–water partition coefficient (Wildman–Crippen LogP) is 0.594. The molecular weight excluding hydrogens is 238 g/mol. The zero-order valence-corrected chi connectivity index (χ0v) is 11.5. The van der Waals surface area contributed by atoms with Gasteiger partial charge >= 0.3 is 0 Å². The van der Waals surface area contributed by atoms with Crippen LogP contribution in [0.3, 0.4) is 0 Å². The molecule has 1 aliphatic carbocycles. The van der Waals surface area contributed by atoms with Crippen molar-refractivity contribution >= 4 is 0 Å². The van der Waals surface area contributed by atoms with Gasteiger partial charge in [-0.3, -0.25) is 0 Å². The highest BCUT2D eigenvalue weighted by atomic mass is 16.5. The molecule has 3 nitrogen and oxygen atoms in total. The number of rotatable bonds is 5. The van der Waals surface area contributed by atoms with E-state index in [-0.39, 0.29) is 6.10 Å². The lowest BCUT2D eigenvalue weighted by molar-refractivity contribution is -0.890. The van der Waals surface area contributed by atoms with Gasteiger partial charge in [0.05, 0.1) is 13.1 Å². The van der Waals surface area contributed by atoms with Gasteiger partial charge < -0.3 is 14.7 Å². The van der Waals surface area contributed by atoms with Gasteiger partial charge in [-0.25, -0.2) is 0 Å². The molecule has 1 saturated heterocycles. The standard InChI is InChI=1S/C16H23NO2/c18-15(11-17-8-1-2-9-17)12-19-16-7-6-13-4-3-5-14(13)10-16/h6-7,10,15,18H,1-5,8-9,11-12H2/p+1/t15-/m1/s1. The summed E-state index contributed by atoms with van der Waals surface area (Å²) in [5.41, 5.74) is 2.89. The van der Waals surface area contributed by atoms with Crippen molar-refractivity contribution in [3.05, 3.63) is 29.3 Å². The Morgan fingerprint density at radius 3 is 2.74 bits per heavy atom. The minimum atomic E-state index is -0.346. The van der Waals surface area contributed by atoms with E-state index in [0.29, 0.717) is 6.61 Å². The van der Waals surface area contributed by atoms with Crippen LogP contribution in [-0.2, 0) is 12.8 Å². The van der Waals surface area contributed by atoms with E-state index in [1.165, 1.54) is 61.2 Å². The molecule has 104 valence electrons. The summed E-state index contributed by atoms with van der Waals surface area (Å²) >= 11 is 0. The van der Waals surface area contributed by atoms with Crippen molar-refractivity contribution in [2.45, 2.75) is 38.2 Å². The maximum absolute atomic E-state index is 10.0. The van der Waals surface area contributed by atoms with Crippen LogP contribution in [0.5, 0.6) is 5.75 Å². The van der Waals surface area contributed by atoms with Crippen molar-refractivity contribution < 1.29 is 14.7 Å². The van der Waals surface area contributed by atoms with Crippen LogP contribution in [0.2, 0.25) is 0 Å². The van der Waals surface area contributed by atoms with Crippen LogP contribution in [0.1, 0.15) is 30.4 Å². The molecule has 0 bridgehead atoms. The predicted molar refractivity (Wildman–Crippen MR) is 74.8 cm³/mol. The highest BCUT2D eigenvalue weighted by molar-refractivity contribution is 5.38. The number of aliphatic hydroxyl groups is 1. The van der Waals surface area contributed by atoms with Gasteiger partial charge in [0.1, 0.15) is 25.0 Å². The van der Waals surface area contributed by atoms with Crippen LogP contribution < -0.4 is 9.64 Å². The molecule has 1 heterocycles. The Hall–Kier alpha value is -1.06. The van der Waals surface area contributed by atoms with Gasteiger partial charge in [-0.15, -0.1) is 0 Å². The van der Waals surface area contributed by atoms with E-state index in [1.54, 1.807) is 0 Å². The maximum atomic E-state index is 10.0. The molecule has 2 aliphatic rings. The lowest BCUT2D eigenvalue weighted by Crippen LogP contribution is -3.11. The fraction of sp³-hybridized carbons (Fsp3) is 0.625. The number of nitrogens with one attached hydrogen (secondary N) is 1. The topological polar surface area (TPSA) is 33.9 Å². The minimum Gasteiger partial charge on any atom is -0.491 e. The number of hydrogen-bond donors (Lipinski definition) is 2. The summed E-state index contributed by atoms with van der Waals surface area (Å²) in [7, 11) is 0. The number of aliphatic hydroxyl groups excluding tert-OH is 1. The number of quaternary nitrogens is 1. The zero-order chi connectivity index (χ0) is 13.1. The largest absolute Gasteiger partial charge is 0.491 e. The van der Waals surface area contributed by atoms with Gasteiger partial charge in [-0.05, 0) is 42.5 Å². The number of likely N-dealkylation sites (tertiary alicyclic amines) is 1. The fourth-order valence-corrected chi connectivity index (χ4v) is 3.30. The first-order chi connectivity index (χ1) is 9.31. The second-order valence-electron chi connectivity index (χ2n) is 5.91. The van der Waals surface area contributed by atoms with Crippen LogP contribution in [-0.4, -0.2) is 37.5 Å². The van der Waals surface area contributed by atoms with Crippen LogP contribution in [0.15, 0.2) is 18.2 Å². The molecule has 19 heavy (non-hydrogen) atoms. The van der Waals surface area contributed by atoms with Crippen molar-refractivity contribution in [3.8, 4) is 5.75 Å². The monoisotopic (exact) mass is 262 g/mol. The molecule has 3 rings (SSSR count). The molecule has 1 atom stereocenters. The van der Waals surface area contributed by atoms with Crippen molar-refractivity contribution in [2.24, 2.45) is 0 Å². The van der Waals surface area contributed by atoms with Crippen LogP contribution in [0.4, 0.5) is 0 Å². The van der Waals surface area contributed by atoms with Crippen molar-refractivity contribution in [3.63, 3.8) is 0 Å². The second-order valence-corrected chi connectivity index (χ2v) is 5.91. The molecule has 0 radical (unpaired) electrons. The SMILES string of the molecule is O[C@@H](COc1ccc2c(c1)CCC2)C[NH+]1CCCC1. The first-order valence-electron chi connectivity index (χ1n) is 7.57. The Bertz CT molecular complexity index is 427. The van der Waals surface area contributed by atoms with Gasteiger partial charge in [-0.2, -0.15) is 0 Å². The fourth-order valence-electron chi connectivity index (χ4n) is 3.30. The Morgan fingerprint density at radius 1 is 1.11 bits per heavy atom. The van der Waals surface area contributed by atoms with Gasteiger partial charge in [0, 0.05) is 12.8 Å².